The summed E-state index contributed by atoms with van der Waals surface area (Å²) in [5, 5.41) is 5.03. The Kier molecular flexibility index (Phi) is 5.54. The van der Waals surface area contributed by atoms with Crippen LogP contribution in [0.25, 0.3) is 10.9 Å². The first-order chi connectivity index (χ1) is 12.2. The zero-order valence-electron chi connectivity index (χ0n) is 13.5. The van der Waals surface area contributed by atoms with Crippen LogP contribution in [0.15, 0.2) is 53.8 Å². The van der Waals surface area contributed by atoms with Gasteiger partial charge in [0.25, 0.3) is 5.91 Å². The molecule has 3 aromatic rings. The minimum atomic E-state index is -0.331. The summed E-state index contributed by atoms with van der Waals surface area (Å²) < 4.78 is 11.5. The molecule has 1 amide bonds. The Balaban J connectivity index is 1.54. The van der Waals surface area contributed by atoms with Crippen LogP contribution in [0.3, 0.4) is 0 Å². The topological polar surface area (TPSA) is 75.7 Å². The molecular formula is C18H16IN3O3. The van der Waals surface area contributed by atoms with E-state index >= 15 is 0 Å². The van der Waals surface area contributed by atoms with E-state index < -0.39 is 0 Å². The number of rotatable bonds is 6. The van der Waals surface area contributed by atoms with E-state index in [1.165, 1.54) is 0 Å². The molecule has 1 heterocycles. The molecule has 0 saturated carbocycles. The monoisotopic (exact) mass is 449 g/mol. The van der Waals surface area contributed by atoms with Crippen LogP contribution in [-0.4, -0.2) is 30.8 Å². The lowest BCUT2D eigenvalue weighted by Gasteiger charge is -2.08. The van der Waals surface area contributed by atoms with Crippen LogP contribution in [0.4, 0.5) is 0 Å². The number of carbonyl (C=O) groups excluding carboxylic acids is 1. The molecule has 2 aromatic carbocycles. The Morgan fingerprint density at radius 2 is 2.16 bits per heavy atom. The number of aromatic amines is 1. The van der Waals surface area contributed by atoms with Gasteiger partial charge in [0.15, 0.2) is 6.61 Å². The van der Waals surface area contributed by atoms with E-state index in [2.05, 4.69) is 38.1 Å². The van der Waals surface area contributed by atoms with Crippen molar-refractivity contribution in [2.75, 3.05) is 13.7 Å². The number of benzene rings is 2. The Labute approximate surface area is 158 Å². The Morgan fingerprint density at radius 1 is 1.32 bits per heavy atom. The maximum absolute atomic E-state index is 11.9. The average Bonchev–Trinajstić information content (AvgIpc) is 3.04. The summed E-state index contributed by atoms with van der Waals surface area (Å²) in [6.45, 7) is -0.118. The van der Waals surface area contributed by atoms with Crippen LogP contribution in [0.5, 0.6) is 11.5 Å². The second-order valence-corrected chi connectivity index (χ2v) is 6.33. The van der Waals surface area contributed by atoms with Gasteiger partial charge in [-0.15, -0.1) is 0 Å². The van der Waals surface area contributed by atoms with E-state index in [1.54, 1.807) is 25.5 Å². The third-order valence-electron chi connectivity index (χ3n) is 3.51. The number of fused-ring (bicyclic) bond motifs is 1. The Bertz CT molecular complexity index is 921. The highest BCUT2D eigenvalue weighted by atomic mass is 127. The SMILES string of the molecule is COc1ccc(OCC(=O)NN=Cc2c[nH]c3ccccc23)c(I)c1. The van der Waals surface area contributed by atoms with Crippen molar-refractivity contribution in [3.63, 3.8) is 0 Å². The molecule has 0 spiro atoms. The van der Waals surface area contributed by atoms with Crippen LogP contribution >= 0.6 is 22.6 Å². The standard InChI is InChI=1S/C18H16IN3O3/c1-24-13-6-7-17(15(19)8-13)25-11-18(23)22-21-10-12-9-20-16-5-3-2-4-14(12)16/h2-10,20H,11H2,1H3,(H,22,23). The number of ether oxygens (including phenoxy) is 2. The fourth-order valence-corrected chi connectivity index (χ4v) is 2.92. The quantitative estimate of drug-likeness (QED) is 0.345. The first-order valence-electron chi connectivity index (χ1n) is 7.52. The lowest BCUT2D eigenvalue weighted by atomic mass is 10.2. The molecule has 0 radical (unpaired) electrons. The second kappa shape index (κ2) is 8.02. The molecule has 0 aliphatic rings. The van der Waals surface area contributed by atoms with E-state index in [-0.39, 0.29) is 12.5 Å². The summed E-state index contributed by atoms with van der Waals surface area (Å²) in [7, 11) is 1.60. The van der Waals surface area contributed by atoms with Crippen LogP contribution in [-0.2, 0) is 4.79 Å². The second-order valence-electron chi connectivity index (χ2n) is 5.17. The molecule has 7 heteroatoms. The summed E-state index contributed by atoms with van der Waals surface area (Å²) >= 11 is 2.13. The minimum absolute atomic E-state index is 0.118. The highest BCUT2D eigenvalue weighted by Gasteiger charge is 2.06. The van der Waals surface area contributed by atoms with Gasteiger partial charge in [-0.1, -0.05) is 18.2 Å². The number of aromatic nitrogens is 1. The maximum Gasteiger partial charge on any atom is 0.277 e. The summed E-state index contributed by atoms with van der Waals surface area (Å²) in [5.41, 5.74) is 4.39. The molecule has 0 aliphatic carbocycles. The first-order valence-corrected chi connectivity index (χ1v) is 8.59. The van der Waals surface area contributed by atoms with Crippen molar-refractivity contribution in [2.45, 2.75) is 0 Å². The van der Waals surface area contributed by atoms with E-state index in [0.717, 1.165) is 25.8 Å². The number of hydrogen-bond donors (Lipinski definition) is 2. The molecule has 0 saturated heterocycles. The van der Waals surface area contributed by atoms with Gasteiger partial charge in [0, 0.05) is 22.7 Å². The molecule has 3 rings (SSSR count). The first kappa shape index (κ1) is 17.3. The van der Waals surface area contributed by atoms with Crippen LogP contribution in [0.2, 0.25) is 0 Å². The van der Waals surface area contributed by atoms with Crippen molar-refractivity contribution in [3.05, 3.63) is 57.8 Å². The fraction of sp³-hybridized carbons (Fsp3) is 0.111. The molecule has 0 atom stereocenters. The number of halogens is 1. The highest BCUT2D eigenvalue weighted by molar-refractivity contribution is 14.1. The van der Waals surface area contributed by atoms with E-state index in [9.17, 15) is 4.79 Å². The van der Waals surface area contributed by atoms with Gasteiger partial charge in [-0.3, -0.25) is 4.79 Å². The lowest BCUT2D eigenvalue weighted by molar-refractivity contribution is -0.123. The van der Waals surface area contributed by atoms with Crippen LogP contribution in [0.1, 0.15) is 5.56 Å². The minimum Gasteiger partial charge on any atom is -0.497 e. The Hall–Kier alpha value is -2.55. The van der Waals surface area contributed by atoms with Gasteiger partial charge >= 0.3 is 0 Å². The van der Waals surface area contributed by atoms with Gasteiger partial charge in [0.05, 0.1) is 16.9 Å². The number of nitrogens with zero attached hydrogens (tertiary/aromatic N) is 1. The molecular weight excluding hydrogens is 433 g/mol. The van der Waals surface area contributed by atoms with Crippen LogP contribution < -0.4 is 14.9 Å². The van der Waals surface area contributed by atoms with Crippen molar-refractivity contribution in [2.24, 2.45) is 5.10 Å². The van der Waals surface area contributed by atoms with Gasteiger partial charge in [-0.2, -0.15) is 5.10 Å². The number of para-hydroxylation sites is 1. The summed E-state index contributed by atoms with van der Waals surface area (Å²) in [6, 6.07) is 13.3. The Morgan fingerprint density at radius 3 is 2.96 bits per heavy atom. The number of carbonyl (C=O) groups is 1. The molecule has 0 bridgehead atoms. The van der Waals surface area contributed by atoms with Crippen molar-refractivity contribution in [3.8, 4) is 11.5 Å². The van der Waals surface area contributed by atoms with Gasteiger partial charge < -0.3 is 14.5 Å². The molecule has 0 unspecified atom stereocenters. The third-order valence-corrected chi connectivity index (χ3v) is 4.35. The molecule has 128 valence electrons. The van der Waals surface area contributed by atoms with Gasteiger partial charge in [0.1, 0.15) is 11.5 Å². The van der Waals surface area contributed by atoms with Gasteiger partial charge in [-0.25, -0.2) is 5.43 Å². The van der Waals surface area contributed by atoms with Crippen molar-refractivity contribution in [1.82, 2.24) is 10.4 Å². The summed E-state index contributed by atoms with van der Waals surface area (Å²) in [5.74, 6) is 1.03. The summed E-state index contributed by atoms with van der Waals surface area (Å²) in [4.78, 5) is 15.0. The highest BCUT2D eigenvalue weighted by Crippen LogP contribution is 2.25. The van der Waals surface area contributed by atoms with Crippen molar-refractivity contribution >= 4 is 45.6 Å². The van der Waals surface area contributed by atoms with E-state index in [0.29, 0.717) is 5.75 Å². The molecule has 2 N–H and O–H groups in total. The number of H-pyrrole nitrogens is 1. The predicted octanol–water partition coefficient (Wildman–Crippen LogP) is 3.31. The molecule has 6 nitrogen and oxygen atoms in total. The number of hydrogen-bond acceptors (Lipinski definition) is 4. The smallest absolute Gasteiger partial charge is 0.277 e. The lowest BCUT2D eigenvalue weighted by Crippen LogP contribution is -2.24. The normalized spacial score (nSPS) is 11.0. The van der Waals surface area contributed by atoms with Crippen molar-refractivity contribution in [1.29, 1.82) is 0 Å². The molecule has 1 aromatic heterocycles. The van der Waals surface area contributed by atoms with E-state index in [1.807, 2.05) is 36.5 Å². The number of amides is 1. The van der Waals surface area contributed by atoms with Crippen LogP contribution in [0, 0.1) is 3.57 Å². The molecule has 25 heavy (non-hydrogen) atoms. The average molecular weight is 449 g/mol. The fourth-order valence-electron chi connectivity index (χ4n) is 2.28. The summed E-state index contributed by atoms with van der Waals surface area (Å²) in [6.07, 6.45) is 3.45. The number of nitrogens with one attached hydrogen (secondary N) is 2. The largest absolute Gasteiger partial charge is 0.497 e. The van der Waals surface area contributed by atoms with Gasteiger partial charge in [-0.05, 0) is 46.9 Å². The number of methoxy groups -OCH3 is 1. The zero-order chi connectivity index (χ0) is 17.6. The van der Waals surface area contributed by atoms with E-state index in [4.69, 9.17) is 9.47 Å². The maximum atomic E-state index is 11.9. The predicted molar refractivity (Wildman–Crippen MR) is 105 cm³/mol. The van der Waals surface area contributed by atoms with Crippen molar-refractivity contribution < 1.29 is 14.3 Å². The molecule has 0 aliphatic heterocycles. The molecule has 0 fully saturated rings. The van der Waals surface area contributed by atoms with Gasteiger partial charge in [0.2, 0.25) is 0 Å². The zero-order valence-corrected chi connectivity index (χ0v) is 15.6. The third kappa shape index (κ3) is 4.30. The number of hydrazone groups is 1.